The number of esters is 1. The molecule has 0 aliphatic carbocycles. The number of halogens is 1. The van der Waals surface area contributed by atoms with E-state index < -0.39 is 5.60 Å². The molecule has 0 aliphatic rings. The highest BCUT2D eigenvalue weighted by atomic mass is 19.1. The van der Waals surface area contributed by atoms with Crippen LogP contribution in [0.4, 0.5) is 4.39 Å². The zero-order valence-electron chi connectivity index (χ0n) is 20.1. The van der Waals surface area contributed by atoms with E-state index in [-0.39, 0.29) is 11.8 Å². The van der Waals surface area contributed by atoms with Crippen molar-refractivity contribution in [3.05, 3.63) is 90.3 Å². The standard InChI is InChI=1S/C29H31FO4/c1-5-29(4,28(31)32-6-2)34-27-17-15-26(16-18-27)33-20-19-21(3)22-7-9-23(10-8-22)24-11-13-25(30)14-12-24/h7-19H,5-6,20H2,1-4H3/b21-19+/t29-/m0/s1. The van der Waals surface area contributed by atoms with E-state index in [0.717, 1.165) is 22.3 Å². The Bertz CT molecular complexity index is 1100. The lowest BCUT2D eigenvalue weighted by Crippen LogP contribution is -2.42. The third kappa shape index (κ3) is 6.47. The second-order valence-electron chi connectivity index (χ2n) is 8.16. The van der Waals surface area contributed by atoms with Crippen LogP contribution >= 0.6 is 0 Å². The zero-order chi connectivity index (χ0) is 24.6. The van der Waals surface area contributed by atoms with Crippen molar-refractivity contribution in [3.63, 3.8) is 0 Å². The molecule has 0 aromatic heterocycles. The van der Waals surface area contributed by atoms with E-state index in [1.54, 1.807) is 38.1 Å². The van der Waals surface area contributed by atoms with E-state index in [1.807, 2.05) is 56.3 Å². The smallest absolute Gasteiger partial charge is 0.350 e. The third-order valence-electron chi connectivity index (χ3n) is 5.71. The van der Waals surface area contributed by atoms with Gasteiger partial charge in [-0.25, -0.2) is 9.18 Å². The molecule has 0 N–H and O–H groups in total. The van der Waals surface area contributed by atoms with Crippen molar-refractivity contribution in [1.82, 2.24) is 0 Å². The molecular weight excluding hydrogens is 431 g/mol. The van der Waals surface area contributed by atoms with Crippen LogP contribution in [-0.4, -0.2) is 24.8 Å². The fraction of sp³-hybridized carbons (Fsp3) is 0.276. The molecule has 0 radical (unpaired) electrons. The van der Waals surface area contributed by atoms with Gasteiger partial charge in [0.15, 0.2) is 0 Å². The van der Waals surface area contributed by atoms with Crippen molar-refractivity contribution >= 4 is 11.5 Å². The molecular formula is C29H31FO4. The van der Waals surface area contributed by atoms with Crippen molar-refractivity contribution in [2.24, 2.45) is 0 Å². The minimum Gasteiger partial charge on any atom is -0.490 e. The highest BCUT2D eigenvalue weighted by Gasteiger charge is 2.35. The maximum atomic E-state index is 13.1. The highest BCUT2D eigenvalue weighted by molar-refractivity contribution is 5.79. The molecule has 0 aliphatic heterocycles. The largest absolute Gasteiger partial charge is 0.490 e. The first kappa shape index (κ1) is 25.0. The number of carbonyl (C=O) groups is 1. The van der Waals surface area contributed by atoms with Gasteiger partial charge in [-0.3, -0.25) is 0 Å². The summed E-state index contributed by atoms with van der Waals surface area (Å²) in [4.78, 5) is 12.2. The van der Waals surface area contributed by atoms with Gasteiger partial charge in [0.25, 0.3) is 0 Å². The molecule has 0 amide bonds. The molecule has 5 heteroatoms. The van der Waals surface area contributed by atoms with Gasteiger partial charge in [-0.2, -0.15) is 0 Å². The Morgan fingerprint density at radius 2 is 1.44 bits per heavy atom. The lowest BCUT2D eigenvalue weighted by molar-refractivity contribution is -0.160. The van der Waals surface area contributed by atoms with E-state index in [2.05, 4.69) is 0 Å². The van der Waals surface area contributed by atoms with E-state index in [4.69, 9.17) is 14.2 Å². The normalized spacial score (nSPS) is 13.1. The molecule has 0 bridgehead atoms. The van der Waals surface area contributed by atoms with Crippen LogP contribution in [0.3, 0.4) is 0 Å². The Labute approximate surface area is 201 Å². The summed E-state index contributed by atoms with van der Waals surface area (Å²) in [6, 6.07) is 21.8. The Morgan fingerprint density at radius 1 is 0.882 bits per heavy atom. The van der Waals surface area contributed by atoms with E-state index in [0.29, 0.717) is 31.1 Å². The van der Waals surface area contributed by atoms with Crippen LogP contribution in [0.2, 0.25) is 0 Å². The monoisotopic (exact) mass is 462 g/mol. The van der Waals surface area contributed by atoms with Gasteiger partial charge in [0, 0.05) is 0 Å². The van der Waals surface area contributed by atoms with Crippen molar-refractivity contribution in [2.45, 2.75) is 39.7 Å². The molecule has 178 valence electrons. The van der Waals surface area contributed by atoms with Crippen LogP contribution in [0.15, 0.2) is 78.9 Å². The van der Waals surface area contributed by atoms with Crippen LogP contribution in [-0.2, 0) is 9.53 Å². The summed E-state index contributed by atoms with van der Waals surface area (Å²) in [7, 11) is 0. The van der Waals surface area contributed by atoms with Crippen molar-refractivity contribution in [3.8, 4) is 22.6 Å². The van der Waals surface area contributed by atoms with Crippen molar-refractivity contribution < 1.29 is 23.4 Å². The quantitative estimate of drug-likeness (QED) is 0.302. The number of benzene rings is 3. The predicted octanol–water partition coefficient (Wildman–Crippen LogP) is 7.09. The van der Waals surface area contributed by atoms with Gasteiger partial charge in [-0.05, 0) is 91.9 Å². The topological polar surface area (TPSA) is 44.8 Å². The predicted molar refractivity (Wildman–Crippen MR) is 133 cm³/mol. The van der Waals surface area contributed by atoms with E-state index in [9.17, 15) is 9.18 Å². The summed E-state index contributed by atoms with van der Waals surface area (Å²) < 4.78 is 30.0. The fourth-order valence-electron chi connectivity index (χ4n) is 3.35. The van der Waals surface area contributed by atoms with Crippen molar-refractivity contribution in [1.29, 1.82) is 0 Å². The lowest BCUT2D eigenvalue weighted by Gasteiger charge is -2.27. The Balaban J connectivity index is 1.56. The summed E-state index contributed by atoms with van der Waals surface area (Å²) >= 11 is 0. The average molecular weight is 463 g/mol. The number of hydrogen-bond donors (Lipinski definition) is 0. The molecule has 3 rings (SSSR count). The number of allylic oxidation sites excluding steroid dienone is 1. The molecule has 34 heavy (non-hydrogen) atoms. The average Bonchev–Trinajstić information content (AvgIpc) is 2.85. The summed E-state index contributed by atoms with van der Waals surface area (Å²) in [6.07, 6.45) is 2.52. The van der Waals surface area contributed by atoms with E-state index >= 15 is 0 Å². The summed E-state index contributed by atoms with van der Waals surface area (Å²) in [5.74, 6) is 0.677. The van der Waals surface area contributed by atoms with Gasteiger partial charge in [0.1, 0.15) is 23.9 Å². The fourth-order valence-corrected chi connectivity index (χ4v) is 3.35. The molecule has 0 spiro atoms. The van der Waals surface area contributed by atoms with Crippen LogP contribution in [0, 0.1) is 5.82 Å². The first-order valence-corrected chi connectivity index (χ1v) is 11.5. The van der Waals surface area contributed by atoms with Crippen LogP contribution in [0.25, 0.3) is 16.7 Å². The second-order valence-corrected chi connectivity index (χ2v) is 8.16. The molecule has 0 heterocycles. The number of rotatable bonds is 10. The summed E-state index contributed by atoms with van der Waals surface area (Å²) in [6.45, 7) is 8.17. The van der Waals surface area contributed by atoms with Crippen LogP contribution in [0.5, 0.6) is 11.5 Å². The van der Waals surface area contributed by atoms with Crippen molar-refractivity contribution in [2.75, 3.05) is 13.2 Å². The maximum Gasteiger partial charge on any atom is 0.350 e. The third-order valence-corrected chi connectivity index (χ3v) is 5.71. The molecule has 0 fully saturated rings. The second kappa shape index (κ2) is 11.5. The SMILES string of the molecule is CCOC(=O)[C@](C)(CC)Oc1ccc(OC/C=C(\C)c2ccc(-c3ccc(F)cc3)cc2)cc1. The van der Waals surface area contributed by atoms with Gasteiger partial charge in [0.2, 0.25) is 5.60 Å². The molecule has 0 saturated carbocycles. The minimum absolute atomic E-state index is 0.238. The molecule has 0 saturated heterocycles. The van der Waals surface area contributed by atoms with Gasteiger partial charge < -0.3 is 14.2 Å². The first-order chi connectivity index (χ1) is 16.3. The molecule has 0 unspecified atom stereocenters. The summed E-state index contributed by atoms with van der Waals surface area (Å²) in [5, 5.41) is 0. The van der Waals surface area contributed by atoms with Gasteiger partial charge in [-0.15, -0.1) is 0 Å². The number of ether oxygens (including phenoxy) is 3. The van der Waals surface area contributed by atoms with Gasteiger partial charge in [-0.1, -0.05) is 43.3 Å². The van der Waals surface area contributed by atoms with Gasteiger partial charge in [0.05, 0.1) is 6.61 Å². The van der Waals surface area contributed by atoms with Gasteiger partial charge >= 0.3 is 5.97 Å². The van der Waals surface area contributed by atoms with Crippen LogP contribution < -0.4 is 9.47 Å². The minimum atomic E-state index is -1.02. The van der Waals surface area contributed by atoms with E-state index in [1.165, 1.54) is 12.1 Å². The van der Waals surface area contributed by atoms with Crippen LogP contribution in [0.1, 0.15) is 39.7 Å². The highest BCUT2D eigenvalue weighted by Crippen LogP contribution is 2.26. The Kier molecular flexibility index (Phi) is 8.47. The summed E-state index contributed by atoms with van der Waals surface area (Å²) in [5.41, 5.74) is 3.18. The number of carbonyl (C=O) groups excluding carboxylic acids is 1. The zero-order valence-corrected chi connectivity index (χ0v) is 20.1. The maximum absolute atomic E-state index is 13.1. The molecule has 4 nitrogen and oxygen atoms in total. The first-order valence-electron chi connectivity index (χ1n) is 11.5. The number of hydrogen-bond acceptors (Lipinski definition) is 4. The molecule has 3 aromatic carbocycles. The molecule has 1 atom stereocenters. The Morgan fingerprint density at radius 3 is 2.00 bits per heavy atom. The molecule has 3 aromatic rings. The lowest BCUT2D eigenvalue weighted by atomic mass is 10.0. The Hall–Kier alpha value is -3.60.